The summed E-state index contributed by atoms with van der Waals surface area (Å²) >= 11 is 6.17. The number of hydrogen-bond donors (Lipinski definition) is 3. The van der Waals surface area contributed by atoms with Gasteiger partial charge in [-0.05, 0) is 125 Å². The van der Waals surface area contributed by atoms with Gasteiger partial charge in [-0.15, -0.1) is 0 Å². The van der Waals surface area contributed by atoms with Crippen molar-refractivity contribution in [3.8, 4) is 0 Å². The maximum atomic E-state index is 15.8. The Morgan fingerprint density at radius 1 is 0.594 bits per heavy atom. The smallest absolute Gasteiger partial charge is 0.343 e. The monoisotopic (exact) mass is 1440 g/mol. The van der Waals surface area contributed by atoms with Crippen LogP contribution in [0.1, 0.15) is 192 Å². The summed E-state index contributed by atoms with van der Waals surface area (Å²) in [7, 11) is 10.1. The predicted octanol–water partition coefficient (Wildman–Crippen LogP) is 6.18. The van der Waals surface area contributed by atoms with Gasteiger partial charge in [0, 0.05) is 69.0 Å². The molecule has 3 N–H and O–H groups in total. The number of fused-ring (bicyclic) bond motifs is 1. The SMILES string of the molecule is CC[C@H](C)[C@@H]1NC(=O)[C@H](CC2CC2)N(C)C(=O)C[C@@H](C(=O)N2CCCCC2)N(C)C(=O)[C@H](C2CCCCC2)N(C)C(=O)C2(CCCC2)NC(=O)C2CCCN2C(=O)[C@H](CCc2ccc(C(F)(F)F)c(Cl)c2)NC(=O)CN(C)C(=O)[C@H](CC2CCCCC2)N(C)C(=O)CN(C)C(=O)CN(C)C1=O. The van der Waals surface area contributed by atoms with E-state index in [1.165, 1.54) is 84.8 Å². The van der Waals surface area contributed by atoms with Crippen LogP contribution in [0, 0.1) is 23.7 Å². The van der Waals surface area contributed by atoms with Crippen LogP contribution in [0.5, 0.6) is 0 Å². The Morgan fingerprint density at radius 3 is 1.79 bits per heavy atom. The molecule has 1 aromatic carbocycles. The van der Waals surface area contributed by atoms with Crippen LogP contribution in [0.3, 0.4) is 0 Å². The molecule has 1 aromatic rings. The van der Waals surface area contributed by atoms with E-state index >= 15 is 28.8 Å². The summed E-state index contributed by atoms with van der Waals surface area (Å²) in [6.07, 6.45) is 8.96. The van der Waals surface area contributed by atoms with E-state index in [-0.39, 0.29) is 63.3 Å². The number of carbonyl (C=O) groups is 12. The Bertz CT molecular complexity index is 3170. The van der Waals surface area contributed by atoms with Crippen LogP contribution in [-0.2, 0) is 70.1 Å². The van der Waals surface area contributed by atoms with Crippen molar-refractivity contribution in [2.45, 2.75) is 241 Å². The average Bonchev–Trinajstić information content (AvgIpc) is 1.73. The molecule has 4 saturated carbocycles. The summed E-state index contributed by atoms with van der Waals surface area (Å²) in [5, 5.41) is 8.24. The first-order valence-corrected chi connectivity index (χ1v) is 37.4. The zero-order valence-corrected chi connectivity index (χ0v) is 61.6. The van der Waals surface area contributed by atoms with Gasteiger partial charge in [-0.1, -0.05) is 115 Å². The summed E-state index contributed by atoms with van der Waals surface area (Å²) in [5.41, 5.74) is -2.33. The Morgan fingerprint density at radius 2 is 1.18 bits per heavy atom. The van der Waals surface area contributed by atoms with Crippen molar-refractivity contribution < 1.29 is 70.7 Å². The molecule has 3 aliphatic heterocycles. The second-order valence-corrected chi connectivity index (χ2v) is 30.6. The van der Waals surface area contributed by atoms with E-state index in [9.17, 15) is 41.9 Å². The van der Waals surface area contributed by atoms with Gasteiger partial charge in [0.15, 0.2) is 0 Å². The fourth-order valence-electron chi connectivity index (χ4n) is 16.1. The number of hydrogen-bond acceptors (Lipinski definition) is 12. The number of benzene rings is 1. The molecule has 3 heterocycles. The van der Waals surface area contributed by atoms with Gasteiger partial charge in [-0.25, -0.2) is 0 Å². The van der Waals surface area contributed by atoms with Crippen LogP contribution >= 0.6 is 11.6 Å². The van der Waals surface area contributed by atoms with Crippen molar-refractivity contribution in [1.29, 1.82) is 0 Å². The highest BCUT2D eigenvalue weighted by Crippen LogP contribution is 2.39. The maximum absolute atomic E-state index is 15.8. The molecule has 0 radical (unpaired) electrons. The van der Waals surface area contributed by atoms with Gasteiger partial charge in [0.1, 0.15) is 47.8 Å². The highest BCUT2D eigenvalue weighted by molar-refractivity contribution is 6.31. The molecule has 0 bridgehead atoms. The van der Waals surface area contributed by atoms with Gasteiger partial charge >= 0.3 is 6.18 Å². The van der Waals surface area contributed by atoms with Crippen LogP contribution in [0.15, 0.2) is 18.2 Å². The number of likely N-dealkylation sites (N-methyl/N-ethyl adjacent to an activating group) is 7. The van der Waals surface area contributed by atoms with Crippen LogP contribution in [0.2, 0.25) is 5.02 Å². The molecule has 8 atom stereocenters. The van der Waals surface area contributed by atoms with Crippen LogP contribution in [0.4, 0.5) is 13.2 Å². The summed E-state index contributed by atoms with van der Waals surface area (Å²) in [6, 6.07) is -5.39. The lowest BCUT2D eigenvalue weighted by molar-refractivity contribution is -0.157. The summed E-state index contributed by atoms with van der Waals surface area (Å²) in [4.78, 5) is 191. The fraction of sp³-hybridized carbons (Fsp3) is 0.753. The zero-order valence-electron chi connectivity index (χ0n) is 60.9. The molecule has 28 heteroatoms. The second kappa shape index (κ2) is 35.4. The number of likely N-dealkylation sites (tertiary alicyclic amines) is 1. The standard InChI is InChI=1S/C73H110ClF3N12O12/c1-10-46(2)62-69(99)83(5)44-60(92)81(3)45-61(93)85(7)56(41-47-23-14-11-15-24-47)67(97)82(4)43-58(90)78-53(33-31-48-30-32-51(52(74)39-48)73(75,76)77)66(96)89-38-22-27-54(89)65(95)80-72(34-18-19-35-72)71(101)87(9)63(50-25-16-12-17-26-50)70(100)86(8)57(68(98)88-36-20-13-21-37-88)42-59(91)84(6)55(64(94)79-62)40-49-28-29-49/h30,32,39,46-47,49-50,53-57,62-63H,10-29,31,33-38,40-45H2,1-9H3,(H,78,90)(H,79,94)(H,80,95)/t46-,53-,54?,55-,56-,57-,62-,63-/m0/s1. The topological polar surface area (TPSA) is 270 Å². The molecule has 4 aliphatic carbocycles. The minimum atomic E-state index is -4.76. The van der Waals surface area contributed by atoms with Gasteiger partial charge in [-0.3, -0.25) is 57.5 Å². The highest BCUT2D eigenvalue weighted by Gasteiger charge is 2.52. The van der Waals surface area contributed by atoms with Crippen LogP contribution in [-0.4, -0.2) is 251 Å². The van der Waals surface area contributed by atoms with Gasteiger partial charge in [0.05, 0.1) is 36.6 Å². The van der Waals surface area contributed by atoms with Crippen molar-refractivity contribution >= 4 is 82.5 Å². The van der Waals surface area contributed by atoms with E-state index in [1.54, 1.807) is 11.8 Å². The number of halogens is 4. The van der Waals surface area contributed by atoms with Crippen molar-refractivity contribution in [2.24, 2.45) is 23.7 Å². The molecule has 24 nitrogen and oxygen atoms in total. The normalized spacial score (nSPS) is 27.5. The van der Waals surface area contributed by atoms with E-state index in [2.05, 4.69) is 16.0 Å². The third kappa shape index (κ3) is 20.0. The van der Waals surface area contributed by atoms with E-state index in [4.69, 9.17) is 11.6 Å². The first kappa shape index (κ1) is 79.6. The third-order valence-electron chi connectivity index (χ3n) is 22.9. The number of nitrogens with zero attached hydrogens (tertiary/aromatic N) is 9. The first-order valence-electron chi connectivity index (χ1n) is 37.0. The lowest BCUT2D eigenvalue weighted by Gasteiger charge is -2.43. The summed E-state index contributed by atoms with van der Waals surface area (Å²) in [5.74, 6) is -8.26. The van der Waals surface area contributed by atoms with Crippen molar-refractivity contribution in [1.82, 2.24) is 60.0 Å². The molecule has 1 unspecified atom stereocenters. The second-order valence-electron chi connectivity index (χ2n) is 30.2. The number of carbonyl (C=O) groups excluding carboxylic acids is 12. The minimum Gasteiger partial charge on any atom is -0.343 e. The third-order valence-corrected chi connectivity index (χ3v) is 23.2. The average molecular weight is 1440 g/mol. The molecule has 7 aliphatic rings. The number of alkyl halides is 3. The molecule has 8 rings (SSSR count). The molecular weight excluding hydrogens is 1330 g/mol. The first-order chi connectivity index (χ1) is 47.8. The molecule has 1 spiro atoms. The largest absolute Gasteiger partial charge is 0.417 e. The Kier molecular flexibility index (Phi) is 27.9. The van der Waals surface area contributed by atoms with E-state index in [0.717, 1.165) is 92.6 Å². The number of aryl methyl sites for hydroxylation is 1. The lowest BCUT2D eigenvalue weighted by Crippen LogP contribution is -2.65. The van der Waals surface area contributed by atoms with E-state index < -0.39 is 173 Å². The summed E-state index contributed by atoms with van der Waals surface area (Å²) in [6.45, 7) is 2.79. The number of rotatable bonds is 11. The Labute approximate surface area is 598 Å². The van der Waals surface area contributed by atoms with Crippen LogP contribution < -0.4 is 16.0 Å². The van der Waals surface area contributed by atoms with Gasteiger partial charge in [0.25, 0.3) is 0 Å². The molecule has 3 saturated heterocycles. The fourth-order valence-corrected chi connectivity index (χ4v) is 16.4. The van der Waals surface area contributed by atoms with Crippen LogP contribution in [0.25, 0.3) is 0 Å². The molecular formula is C73H110ClF3N12O12. The molecule has 101 heavy (non-hydrogen) atoms. The summed E-state index contributed by atoms with van der Waals surface area (Å²) < 4.78 is 41.7. The molecule has 12 amide bonds. The zero-order chi connectivity index (χ0) is 73.8. The Balaban J connectivity index is 1.17. The number of piperidine rings is 1. The lowest BCUT2D eigenvalue weighted by atomic mass is 9.81. The van der Waals surface area contributed by atoms with Gasteiger partial charge < -0.3 is 60.0 Å². The number of nitrogens with one attached hydrogen (secondary N) is 3. The van der Waals surface area contributed by atoms with Crippen molar-refractivity contribution in [2.75, 3.05) is 88.6 Å². The molecule has 7 fully saturated rings. The molecule has 0 aromatic heterocycles. The van der Waals surface area contributed by atoms with Gasteiger partial charge in [-0.2, -0.15) is 13.2 Å². The van der Waals surface area contributed by atoms with E-state index in [0.29, 0.717) is 70.0 Å². The quantitative estimate of drug-likeness (QED) is 0.224. The van der Waals surface area contributed by atoms with Crippen molar-refractivity contribution in [3.05, 3.63) is 34.3 Å². The minimum absolute atomic E-state index is 0.0229. The van der Waals surface area contributed by atoms with Crippen molar-refractivity contribution in [3.63, 3.8) is 0 Å². The molecule has 562 valence electrons. The van der Waals surface area contributed by atoms with Gasteiger partial charge in [0.2, 0.25) is 70.9 Å². The van der Waals surface area contributed by atoms with E-state index in [1.807, 2.05) is 6.92 Å². The maximum Gasteiger partial charge on any atom is 0.417 e. The predicted molar refractivity (Wildman–Crippen MR) is 371 cm³/mol. The Hall–Kier alpha value is -7.06. The highest BCUT2D eigenvalue weighted by atomic mass is 35.5. The number of amides is 12.